The summed E-state index contributed by atoms with van der Waals surface area (Å²) in [6.07, 6.45) is 2.25. The second-order valence-electron chi connectivity index (χ2n) is 6.67. The molecule has 1 aromatic heterocycles. The fourth-order valence-corrected chi connectivity index (χ4v) is 4.13. The van der Waals surface area contributed by atoms with E-state index in [2.05, 4.69) is 25.0 Å². The van der Waals surface area contributed by atoms with Crippen LogP contribution in [0, 0.1) is 0 Å². The SMILES string of the molecule is COc1ccc(NC(=O)CSc2nnc(N3CCOCC3)n2C2CC2)cc1Cl. The third-order valence-electron chi connectivity index (χ3n) is 4.62. The lowest BCUT2D eigenvalue weighted by molar-refractivity contribution is -0.113. The van der Waals surface area contributed by atoms with Crippen LogP contribution in [0.4, 0.5) is 11.6 Å². The molecule has 0 unspecified atom stereocenters. The molecule has 2 aliphatic rings. The van der Waals surface area contributed by atoms with Crippen molar-refractivity contribution in [2.75, 3.05) is 49.4 Å². The minimum absolute atomic E-state index is 0.121. The summed E-state index contributed by atoms with van der Waals surface area (Å²) in [5.41, 5.74) is 0.633. The number of anilines is 2. The Morgan fingerprint density at radius 2 is 2.14 bits per heavy atom. The van der Waals surface area contributed by atoms with Gasteiger partial charge in [-0.1, -0.05) is 23.4 Å². The van der Waals surface area contributed by atoms with Gasteiger partial charge in [-0.25, -0.2) is 0 Å². The summed E-state index contributed by atoms with van der Waals surface area (Å²) < 4.78 is 12.7. The molecule has 0 atom stereocenters. The number of benzene rings is 1. The smallest absolute Gasteiger partial charge is 0.234 e. The molecule has 10 heteroatoms. The summed E-state index contributed by atoms with van der Waals surface area (Å²) in [6, 6.07) is 5.59. The first-order valence-electron chi connectivity index (χ1n) is 9.19. The number of aromatic nitrogens is 3. The Morgan fingerprint density at radius 1 is 1.36 bits per heavy atom. The molecule has 1 aromatic carbocycles. The van der Waals surface area contributed by atoms with E-state index in [0.29, 0.717) is 35.7 Å². The van der Waals surface area contributed by atoms with E-state index in [0.717, 1.165) is 37.0 Å². The van der Waals surface area contributed by atoms with E-state index in [9.17, 15) is 4.79 Å². The van der Waals surface area contributed by atoms with Crippen molar-refractivity contribution < 1.29 is 14.3 Å². The van der Waals surface area contributed by atoms with Gasteiger partial charge in [0.1, 0.15) is 5.75 Å². The lowest BCUT2D eigenvalue weighted by Crippen LogP contribution is -2.38. The van der Waals surface area contributed by atoms with E-state index in [1.165, 1.54) is 11.8 Å². The van der Waals surface area contributed by atoms with Crippen LogP contribution in [0.5, 0.6) is 5.75 Å². The molecule has 1 aliphatic heterocycles. The van der Waals surface area contributed by atoms with Crippen LogP contribution in [-0.4, -0.2) is 59.8 Å². The van der Waals surface area contributed by atoms with Gasteiger partial charge in [-0.05, 0) is 31.0 Å². The highest BCUT2D eigenvalue weighted by Gasteiger charge is 2.32. The van der Waals surface area contributed by atoms with E-state index < -0.39 is 0 Å². The third-order valence-corrected chi connectivity index (χ3v) is 5.86. The van der Waals surface area contributed by atoms with Gasteiger partial charge in [0.15, 0.2) is 5.16 Å². The van der Waals surface area contributed by atoms with Crippen molar-refractivity contribution in [3.05, 3.63) is 23.2 Å². The van der Waals surface area contributed by atoms with Gasteiger partial charge in [-0.2, -0.15) is 0 Å². The Morgan fingerprint density at radius 3 is 2.82 bits per heavy atom. The Bertz CT molecular complexity index is 852. The van der Waals surface area contributed by atoms with Gasteiger partial charge in [0.05, 0.1) is 31.1 Å². The monoisotopic (exact) mass is 423 g/mol. The van der Waals surface area contributed by atoms with E-state index >= 15 is 0 Å². The molecule has 0 bridgehead atoms. The van der Waals surface area contributed by atoms with Gasteiger partial charge in [0.25, 0.3) is 0 Å². The van der Waals surface area contributed by atoms with E-state index in [-0.39, 0.29) is 11.7 Å². The number of hydrogen-bond acceptors (Lipinski definition) is 7. The first kappa shape index (κ1) is 19.4. The number of hydrogen-bond donors (Lipinski definition) is 1. The van der Waals surface area contributed by atoms with Gasteiger partial charge in [-0.3, -0.25) is 9.36 Å². The number of ether oxygens (including phenoxy) is 2. The summed E-state index contributed by atoms with van der Waals surface area (Å²) in [5.74, 6) is 1.58. The van der Waals surface area contributed by atoms with Gasteiger partial charge in [0.2, 0.25) is 11.9 Å². The molecule has 2 fully saturated rings. The molecule has 1 amide bonds. The average Bonchev–Trinajstić information content (AvgIpc) is 3.46. The topological polar surface area (TPSA) is 81.5 Å². The molecule has 150 valence electrons. The number of halogens is 1. The minimum atomic E-state index is -0.121. The highest BCUT2D eigenvalue weighted by Crippen LogP contribution is 2.41. The fourth-order valence-electron chi connectivity index (χ4n) is 3.07. The number of carbonyl (C=O) groups excluding carboxylic acids is 1. The van der Waals surface area contributed by atoms with Crippen molar-refractivity contribution in [1.82, 2.24) is 14.8 Å². The minimum Gasteiger partial charge on any atom is -0.495 e. The summed E-state index contributed by atoms with van der Waals surface area (Å²) in [5, 5.41) is 12.8. The number of nitrogens with one attached hydrogen (secondary N) is 1. The van der Waals surface area contributed by atoms with Crippen LogP contribution in [0.15, 0.2) is 23.4 Å². The van der Waals surface area contributed by atoms with E-state index in [1.54, 1.807) is 25.3 Å². The predicted molar refractivity (Wildman–Crippen MR) is 109 cm³/mol. The largest absolute Gasteiger partial charge is 0.495 e. The number of amides is 1. The highest BCUT2D eigenvalue weighted by atomic mass is 35.5. The van der Waals surface area contributed by atoms with Crippen LogP contribution in [0.2, 0.25) is 5.02 Å². The molecule has 1 saturated heterocycles. The maximum absolute atomic E-state index is 12.4. The maximum atomic E-state index is 12.4. The summed E-state index contributed by atoms with van der Waals surface area (Å²) in [7, 11) is 1.55. The summed E-state index contributed by atoms with van der Waals surface area (Å²) in [6.45, 7) is 3.03. The van der Waals surface area contributed by atoms with E-state index in [1.807, 2.05) is 0 Å². The van der Waals surface area contributed by atoms with Gasteiger partial charge in [-0.15, -0.1) is 10.2 Å². The first-order valence-corrected chi connectivity index (χ1v) is 10.6. The van der Waals surface area contributed by atoms with Crippen LogP contribution in [-0.2, 0) is 9.53 Å². The summed E-state index contributed by atoms with van der Waals surface area (Å²) in [4.78, 5) is 14.6. The second kappa shape index (κ2) is 8.59. The molecule has 0 radical (unpaired) electrons. The van der Waals surface area contributed by atoms with Crippen molar-refractivity contribution in [2.45, 2.75) is 24.0 Å². The van der Waals surface area contributed by atoms with Crippen LogP contribution in [0.3, 0.4) is 0 Å². The lowest BCUT2D eigenvalue weighted by atomic mass is 10.3. The van der Waals surface area contributed by atoms with Crippen LogP contribution < -0.4 is 15.0 Å². The molecule has 28 heavy (non-hydrogen) atoms. The van der Waals surface area contributed by atoms with Crippen molar-refractivity contribution in [1.29, 1.82) is 0 Å². The zero-order valence-corrected chi connectivity index (χ0v) is 17.1. The lowest BCUT2D eigenvalue weighted by Gasteiger charge is -2.27. The molecule has 1 N–H and O–H groups in total. The number of morpholine rings is 1. The zero-order valence-electron chi connectivity index (χ0n) is 15.6. The number of thioether (sulfide) groups is 1. The molecule has 1 aliphatic carbocycles. The molecule has 0 spiro atoms. The van der Waals surface area contributed by atoms with Crippen LogP contribution in [0.1, 0.15) is 18.9 Å². The fraction of sp³-hybridized carbons (Fsp3) is 0.500. The van der Waals surface area contributed by atoms with Crippen LogP contribution in [0.25, 0.3) is 0 Å². The molecule has 2 heterocycles. The number of rotatable bonds is 7. The van der Waals surface area contributed by atoms with Gasteiger partial charge >= 0.3 is 0 Å². The molecule has 4 rings (SSSR count). The molecule has 1 saturated carbocycles. The second-order valence-corrected chi connectivity index (χ2v) is 8.02. The Balaban J connectivity index is 1.40. The number of nitrogens with zero attached hydrogens (tertiary/aromatic N) is 4. The number of carbonyl (C=O) groups is 1. The summed E-state index contributed by atoms with van der Waals surface area (Å²) >= 11 is 7.51. The molecular formula is C18H22ClN5O3S. The first-order chi connectivity index (χ1) is 13.7. The normalized spacial score (nSPS) is 16.9. The Hall–Kier alpha value is -1.97. The third kappa shape index (κ3) is 4.37. The predicted octanol–water partition coefficient (Wildman–Crippen LogP) is 2.84. The molecule has 8 nitrogen and oxygen atoms in total. The van der Waals surface area contributed by atoms with Gasteiger partial charge < -0.3 is 19.7 Å². The Labute approximate surface area is 172 Å². The van der Waals surface area contributed by atoms with Crippen molar-refractivity contribution in [2.24, 2.45) is 0 Å². The quantitative estimate of drug-likeness (QED) is 0.685. The average molecular weight is 424 g/mol. The highest BCUT2D eigenvalue weighted by molar-refractivity contribution is 7.99. The van der Waals surface area contributed by atoms with Crippen molar-refractivity contribution in [3.8, 4) is 5.75 Å². The zero-order chi connectivity index (χ0) is 19.5. The Kier molecular flexibility index (Phi) is 5.93. The van der Waals surface area contributed by atoms with Crippen LogP contribution >= 0.6 is 23.4 Å². The molecular weight excluding hydrogens is 402 g/mol. The van der Waals surface area contributed by atoms with Crippen molar-refractivity contribution in [3.63, 3.8) is 0 Å². The number of methoxy groups -OCH3 is 1. The van der Waals surface area contributed by atoms with Crippen molar-refractivity contribution >= 4 is 40.9 Å². The van der Waals surface area contributed by atoms with Gasteiger partial charge in [0, 0.05) is 24.8 Å². The standard InChI is InChI=1S/C18H22ClN5O3S/c1-26-15-5-2-12(10-14(15)19)20-16(25)11-28-18-22-21-17(24(18)13-3-4-13)23-6-8-27-9-7-23/h2,5,10,13H,3-4,6-9,11H2,1H3,(H,20,25). The maximum Gasteiger partial charge on any atom is 0.234 e. The van der Waals surface area contributed by atoms with E-state index in [4.69, 9.17) is 21.1 Å². The molecule has 2 aromatic rings.